The minimum absolute atomic E-state index is 0.681. The van der Waals surface area contributed by atoms with Crippen molar-refractivity contribution in [2.45, 2.75) is 13.8 Å². The van der Waals surface area contributed by atoms with E-state index in [4.69, 9.17) is 5.84 Å². The van der Waals surface area contributed by atoms with Crippen LogP contribution in [-0.2, 0) is 0 Å². The maximum Gasteiger partial charge on any atom is 0.183 e. The summed E-state index contributed by atoms with van der Waals surface area (Å²) in [4.78, 5) is 9.50. The molecule has 0 saturated carbocycles. The number of nitrogen functional groups attached to an aromatic ring is 1. The van der Waals surface area contributed by atoms with Crippen molar-refractivity contribution in [3.63, 3.8) is 0 Å². The highest BCUT2D eigenvalue weighted by Gasteiger charge is 2.06. The number of aromatic nitrogens is 4. The summed E-state index contributed by atoms with van der Waals surface area (Å²) in [5.41, 5.74) is 1.53. The molecule has 0 aliphatic heterocycles. The van der Waals surface area contributed by atoms with Crippen LogP contribution in [0.25, 0.3) is 11.0 Å². The van der Waals surface area contributed by atoms with E-state index in [1.165, 1.54) is 4.79 Å². The summed E-state index contributed by atoms with van der Waals surface area (Å²) in [6, 6.07) is 0. The van der Waals surface area contributed by atoms with Crippen molar-refractivity contribution in [1.29, 1.82) is 0 Å². The molecule has 0 bridgehead atoms. The van der Waals surface area contributed by atoms with E-state index >= 15 is 0 Å². The molecule has 2 rings (SSSR count). The second kappa shape index (κ2) is 2.17. The summed E-state index contributed by atoms with van der Waals surface area (Å²) in [7, 11) is 0. The number of nitrogens with two attached hydrogens (primary N) is 1. The van der Waals surface area contributed by atoms with Gasteiger partial charge in [-0.2, -0.15) is 9.89 Å². The zero-order chi connectivity index (χ0) is 8.72. The predicted octanol–water partition coefficient (Wildman–Crippen LogP) is 0.157. The van der Waals surface area contributed by atoms with Gasteiger partial charge in [0.1, 0.15) is 5.82 Å². The first kappa shape index (κ1) is 7.02. The molecule has 0 atom stereocenters. The number of aryl methyl sites for hydroxylation is 2. The summed E-state index contributed by atoms with van der Waals surface area (Å²) in [5.74, 6) is 6.26. The quantitative estimate of drug-likeness (QED) is 0.561. The number of hydrogen-bond acceptors (Lipinski definition) is 4. The third-order valence-electron chi connectivity index (χ3n) is 1.75. The van der Waals surface area contributed by atoms with Gasteiger partial charge in [-0.3, -0.25) is 0 Å². The van der Waals surface area contributed by atoms with E-state index in [1.54, 1.807) is 6.20 Å². The van der Waals surface area contributed by atoms with Gasteiger partial charge in [0.2, 0.25) is 0 Å². The Hall–Kier alpha value is -1.65. The van der Waals surface area contributed by atoms with Crippen molar-refractivity contribution < 1.29 is 0 Å². The number of nitrogens with zero attached hydrogens (tertiary/aromatic N) is 4. The molecule has 0 aliphatic carbocycles. The normalized spacial score (nSPS) is 10.8. The van der Waals surface area contributed by atoms with Crippen LogP contribution < -0.4 is 5.84 Å². The lowest BCUT2D eigenvalue weighted by molar-refractivity contribution is 0.829. The summed E-state index contributed by atoms with van der Waals surface area (Å²) in [6.45, 7) is 3.70. The zero-order valence-corrected chi connectivity index (χ0v) is 6.94. The molecule has 0 radical (unpaired) electrons. The Bertz CT molecular complexity index is 431. The molecule has 0 aromatic carbocycles. The first-order valence-electron chi connectivity index (χ1n) is 3.62. The number of hydrogen-bond donors (Lipinski definition) is 1. The predicted molar refractivity (Wildman–Crippen MR) is 44.9 cm³/mol. The highest BCUT2D eigenvalue weighted by atomic mass is 15.5. The van der Waals surface area contributed by atoms with Gasteiger partial charge in [-0.1, -0.05) is 0 Å². The van der Waals surface area contributed by atoms with Crippen molar-refractivity contribution in [1.82, 2.24) is 19.9 Å². The topological polar surface area (TPSA) is 69.6 Å². The Morgan fingerprint density at radius 1 is 1.42 bits per heavy atom. The Labute approximate surface area is 69.2 Å². The minimum atomic E-state index is 0.681. The SMILES string of the molecule is Cc1ncc2c(C)nn(N)c2n1. The molecule has 2 aromatic rings. The van der Waals surface area contributed by atoms with E-state index in [2.05, 4.69) is 15.1 Å². The van der Waals surface area contributed by atoms with E-state index in [0.717, 1.165) is 11.1 Å². The fraction of sp³-hybridized carbons (Fsp3) is 0.286. The van der Waals surface area contributed by atoms with Crippen molar-refractivity contribution in [3.05, 3.63) is 17.7 Å². The maximum absolute atomic E-state index is 5.56. The van der Waals surface area contributed by atoms with Crippen LogP contribution in [0.3, 0.4) is 0 Å². The van der Waals surface area contributed by atoms with Crippen LogP contribution in [0.4, 0.5) is 0 Å². The largest absolute Gasteiger partial charge is 0.321 e. The molecule has 12 heavy (non-hydrogen) atoms. The van der Waals surface area contributed by atoms with Gasteiger partial charge in [-0.25, -0.2) is 9.97 Å². The van der Waals surface area contributed by atoms with Gasteiger partial charge in [-0.05, 0) is 13.8 Å². The average Bonchev–Trinajstić information content (AvgIpc) is 2.28. The van der Waals surface area contributed by atoms with Gasteiger partial charge in [-0.15, -0.1) is 0 Å². The van der Waals surface area contributed by atoms with Crippen LogP contribution in [0.2, 0.25) is 0 Å². The van der Waals surface area contributed by atoms with Crippen LogP contribution in [0, 0.1) is 13.8 Å². The van der Waals surface area contributed by atoms with Crippen molar-refractivity contribution in [3.8, 4) is 0 Å². The van der Waals surface area contributed by atoms with E-state index in [9.17, 15) is 0 Å². The number of fused-ring (bicyclic) bond motifs is 1. The van der Waals surface area contributed by atoms with Crippen LogP contribution in [0.1, 0.15) is 11.5 Å². The lowest BCUT2D eigenvalue weighted by Gasteiger charge is -1.92. The second-order valence-electron chi connectivity index (χ2n) is 2.68. The van der Waals surface area contributed by atoms with E-state index in [0.29, 0.717) is 11.5 Å². The van der Waals surface area contributed by atoms with Gasteiger partial charge < -0.3 is 5.84 Å². The fourth-order valence-electron chi connectivity index (χ4n) is 1.15. The Morgan fingerprint density at radius 3 is 2.92 bits per heavy atom. The van der Waals surface area contributed by atoms with Crippen molar-refractivity contribution in [2.24, 2.45) is 0 Å². The van der Waals surface area contributed by atoms with Gasteiger partial charge in [0.25, 0.3) is 0 Å². The highest BCUT2D eigenvalue weighted by Crippen LogP contribution is 2.12. The van der Waals surface area contributed by atoms with Gasteiger partial charge in [0.05, 0.1) is 11.1 Å². The molecule has 2 heterocycles. The first-order valence-corrected chi connectivity index (χ1v) is 3.62. The molecule has 5 nitrogen and oxygen atoms in total. The Morgan fingerprint density at radius 2 is 2.17 bits per heavy atom. The molecule has 0 spiro atoms. The van der Waals surface area contributed by atoms with Gasteiger partial charge in [0.15, 0.2) is 5.65 Å². The maximum atomic E-state index is 5.56. The lowest BCUT2D eigenvalue weighted by atomic mass is 10.3. The monoisotopic (exact) mass is 163 g/mol. The van der Waals surface area contributed by atoms with E-state index < -0.39 is 0 Å². The molecule has 0 aliphatic rings. The van der Waals surface area contributed by atoms with Gasteiger partial charge in [0, 0.05) is 6.20 Å². The minimum Gasteiger partial charge on any atom is -0.321 e. The summed E-state index contributed by atoms with van der Waals surface area (Å²) < 4.78 is 0. The van der Waals surface area contributed by atoms with Gasteiger partial charge >= 0.3 is 0 Å². The third-order valence-corrected chi connectivity index (χ3v) is 1.75. The molecular weight excluding hydrogens is 154 g/mol. The van der Waals surface area contributed by atoms with Crippen LogP contribution in [0.15, 0.2) is 6.20 Å². The van der Waals surface area contributed by atoms with Crippen LogP contribution in [-0.4, -0.2) is 19.9 Å². The molecule has 0 saturated heterocycles. The summed E-state index contributed by atoms with van der Waals surface area (Å²) >= 11 is 0. The fourth-order valence-corrected chi connectivity index (χ4v) is 1.15. The second-order valence-corrected chi connectivity index (χ2v) is 2.68. The lowest BCUT2D eigenvalue weighted by Crippen LogP contribution is -2.10. The molecule has 2 aromatic heterocycles. The first-order chi connectivity index (χ1) is 5.68. The standard InChI is InChI=1S/C7H9N5/c1-4-6-3-9-5(2)10-7(6)12(8)11-4/h3H,8H2,1-2H3. The van der Waals surface area contributed by atoms with E-state index in [-0.39, 0.29) is 0 Å². The molecule has 0 amide bonds. The summed E-state index contributed by atoms with van der Waals surface area (Å²) in [6.07, 6.45) is 1.74. The molecule has 62 valence electrons. The smallest absolute Gasteiger partial charge is 0.183 e. The average molecular weight is 163 g/mol. The molecule has 2 N–H and O–H groups in total. The Balaban J connectivity index is 2.90. The Kier molecular flexibility index (Phi) is 1.27. The van der Waals surface area contributed by atoms with Crippen molar-refractivity contribution >= 4 is 11.0 Å². The van der Waals surface area contributed by atoms with Crippen LogP contribution in [0.5, 0.6) is 0 Å². The molecule has 0 unspecified atom stereocenters. The molecular formula is C7H9N5. The zero-order valence-electron chi connectivity index (χ0n) is 6.94. The molecule has 0 fully saturated rings. The third kappa shape index (κ3) is 0.827. The van der Waals surface area contributed by atoms with E-state index in [1.807, 2.05) is 13.8 Å². The van der Waals surface area contributed by atoms with Crippen LogP contribution >= 0.6 is 0 Å². The van der Waals surface area contributed by atoms with Crippen molar-refractivity contribution in [2.75, 3.05) is 5.84 Å². The number of rotatable bonds is 0. The highest BCUT2D eigenvalue weighted by molar-refractivity contribution is 5.76. The summed E-state index contributed by atoms with van der Waals surface area (Å²) in [5, 5.41) is 4.93. The molecule has 5 heteroatoms.